The van der Waals surface area contributed by atoms with E-state index in [1.165, 1.54) is 5.56 Å². The molecular weight excluding hydrogens is 354 g/mol. The Morgan fingerprint density at radius 1 is 0.929 bits per heavy atom. The van der Waals surface area contributed by atoms with Gasteiger partial charge in [0.1, 0.15) is 6.54 Å². The van der Waals surface area contributed by atoms with Crippen molar-refractivity contribution in [3.63, 3.8) is 0 Å². The molecule has 1 fully saturated rings. The van der Waals surface area contributed by atoms with Crippen LogP contribution in [0.3, 0.4) is 0 Å². The predicted octanol–water partition coefficient (Wildman–Crippen LogP) is 2.02. The number of carbonyl (C=O) groups is 3. The highest BCUT2D eigenvalue weighted by Gasteiger charge is 2.37. The monoisotopic (exact) mass is 377 g/mol. The third-order valence-corrected chi connectivity index (χ3v) is 5.52. The maximum Gasteiger partial charge on any atom is 0.262 e. The molecule has 3 amide bonds. The van der Waals surface area contributed by atoms with Gasteiger partial charge in [-0.2, -0.15) is 0 Å². The van der Waals surface area contributed by atoms with Crippen molar-refractivity contribution >= 4 is 17.7 Å². The van der Waals surface area contributed by atoms with Crippen LogP contribution in [0.1, 0.15) is 33.2 Å². The van der Waals surface area contributed by atoms with Crippen molar-refractivity contribution in [2.75, 3.05) is 26.2 Å². The number of hydrogen-bond donors (Lipinski definition) is 0. The molecule has 0 N–H and O–H groups in total. The van der Waals surface area contributed by atoms with Crippen LogP contribution in [-0.2, 0) is 11.3 Å². The average molecular weight is 377 g/mol. The SMILES string of the molecule is CC1CN(C(=O)CN2C(=O)c3ccccc3C2=O)CCN1Cc1ccccc1. The van der Waals surface area contributed by atoms with Gasteiger partial charge in [0.2, 0.25) is 5.91 Å². The highest BCUT2D eigenvalue weighted by molar-refractivity contribution is 6.22. The molecule has 0 radical (unpaired) electrons. The first kappa shape index (κ1) is 18.4. The van der Waals surface area contributed by atoms with Crippen molar-refractivity contribution in [2.24, 2.45) is 0 Å². The molecule has 2 aliphatic rings. The Labute approximate surface area is 164 Å². The summed E-state index contributed by atoms with van der Waals surface area (Å²) in [6.45, 7) is 4.71. The number of benzene rings is 2. The van der Waals surface area contributed by atoms with Crippen molar-refractivity contribution in [3.8, 4) is 0 Å². The molecule has 0 saturated carbocycles. The summed E-state index contributed by atoms with van der Waals surface area (Å²) in [5.74, 6) is -0.949. The van der Waals surface area contributed by atoms with Crippen LogP contribution in [0.15, 0.2) is 54.6 Å². The van der Waals surface area contributed by atoms with Crippen LogP contribution < -0.4 is 0 Å². The van der Waals surface area contributed by atoms with E-state index in [9.17, 15) is 14.4 Å². The van der Waals surface area contributed by atoms with Gasteiger partial charge in [0.05, 0.1) is 11.1 Å². The van der Waals surface area contributed by atoms with Gasteiger partial charge < -0.3 is 4.90 Å². The molecule has 2 aliphatic heterocycles. The van der Waals surface area contributed by atoms with Crippen molar-refractivity contribution in [3.05, 3.63) is 71.3 Å². The van der Waals surface area contributed by atoms with Crippen LogP contribution >= 0.6 is 0 Å². The molecule has 144 valence electrons. The lowest BCUT2D eigenvalue weighted by Crippen LogP contribution is -2.55. The Kier molecular flexibility index (Phi) is 4.96. The minimum absolute atomic E-state index is 0.180. The number of piperazine rings is 1. The molecule has 0 bridgehead atoms. The Balaban J connectivity index is 1.37. The van der Waals surface area contributed by atoms with Gasteiger partial charge in [-0.1, -0.05) is 42.5 Å². The molecule has 28 heavy (non-hydrogen) atoms. The minimum Gasteiger partial charge on any atom is -0.338 e. The Morgan fingerprint density at radius 2 is 1.54 bits per heavy atom. The topological polar surface area (TPSA) is 60.9 Å². The van der Waals surface area contributed by atoms with Crippen molar-refractivity contribution in [2.45, 2.75) is 19.5 Å². The fraction of sp³-hybridized carbons (Fsp3) is 0.318. The first-order chi connectivity index (χ1) is 13.5. The van der Waals surface area contributed by atoms with Gasteiger partial charge in [0.15, 0.2) is 0 Å². The lowest BCUT2D eigenvalue weighted by molar-refractivity contribution is -0.134. The summed E-state index contributed by atoms with van der Waals surface area (Å²) < 4.78 is 0. The van der Waals surface area contributed by atoms with Gasteiger partial charge in [-0.3, -0.25) is 24.2 Å². The number of carbonyl (C=O) groups excluding carboxylic acids is 3. The normalized spacial score (nSPS) is 19.8. The largest absolute Gasteiger partial charge is 0.338 e. The minimum atomic E-state index is -0.385. The second kappa shape index (κ2) is 7.56. The van der Waals surface area contributed by atoms with Crippen molar-refractivity contribution in [1.29, 1.82) is 0 Å². The van der Waals surface area contributed by atoms with Crippen LogP contribution in [0.5, 0.6) is 0 Å². The van der Waals surface area contributed by atoms with Gasteiger partial charge in [-0.25, -0.2) is 0 Å². The van der Waals surface area contributed by atoms with Crippen LogP contribution in [-0.4, -0.2) is 64.6 Å². The van der Waals surface area contributed by atoms with Crippen LogP contribution in [0, 0.1) is 0 Å². The first-order valence-electron chi connectivity index (χ1n) is 9.55. The summed E-state index contributed by atoms with van der Waals surface area (Å²) in [6.07, 6.45) is 0. The van der Waals surface area contributed by atoms with E-state index < -0.39 is 0 Å². The van der Waals surface area contributed by atoms with Crippen LogP contribution in [0.25, 0.3) is 0 Å². The number of fused-ring (bicyclic) bond motifs is 1. The summed E-state index contributed by atoms with van der Waals surface area (Å²) in [4.78, 5) is 42.9. The van der Waals surface area contributed by atoms with E-state index in [1.807, 2.05) is 18.2 Å². The van der Waals surface area contributed by atoms with Gasteiger partial charge >= 0.3 is 0 Å². The summed E-state index contributed by atoms with van der Waals surface area (Å²) >= 11 is 0. The molecule has 0 aromatic heterocycles. The maximum absolute atomic E-state index is 12.8. The van der Waals surface area contributed by atoms with Crippen LogP contribution in [0.2, 0.25) is 0 Å². The molecule has 6 nitrogen and oxygen atoms in total. The highest BCUT2D eigenvalue weighted by Crippen LogP contribution is 2.22. The lowest BCUT2D eigenvalue weighted by Gasteiger charge is -2.40. The summed E-state index contributed by atoms with van der Waals surface area (Å²) in [5, 5.41) is 0. The van der Waals surface area contributed by atoms with Crippen molar-refractivity contribution < 1.29 is 14.4 Å². The van der Waals surface area contributed by atoms with Gasteiger partial charge in [-0.05, 0) is 24.6 Å². The Morgan fingerprint density at radius 3 is 2.14 bits per heavy atom. The summed E-state index contributed by atoms with van der Waals surface area (Å²) in [7, 11) is 0. The molecule has 2 aromatic rings. The Bertz CT molecular complexity index is 877. The second-order valence-corrected chi connectivity index (χ2v) is 7.39. The van der Waals surface area contributed by atoms with E-state index in [4.69, 9.17) is 0 Å². The highest BCUT2D eigenvalue weighted by atomic mass is 16.2. The second-order valence-electron chi connectivity index (χ2n) is 7.39. The van der Waals surface area contributed by atoms with E-state index in [2.05, 4.69) is 24.0 Å². The van der Waals surface area contributed by atoms with Crippen LogP contribution in [0.4, 0.5) is 0 Å². The molecule has 1 unspecified atom stereocenters. The zero-order valence-corrected chi connectivity index (χ0v) is 15.9. The molecule has 4 rings (SSSR count). The van der Waals surface area contributed by atoms with Gasteiger partial charge in [0.25, 0.3) is 11.8 Å². The quantitative estimate of drug-likeness (QED) is 0.765. The standard InChI is InChI=1S/C22H23N3O3/c1-16-13-24(12-11-23(16)14-17-7-3-2-4-8-17)20(26)15-25-21(27)18-9-5-6-10-19(18)22(25)28/h2-10,16H,11-15H2,1H3. The third-order valence-electron chi connectivity index (χ3n) is 5.52. The molecule has 2 heterocycles. The fourth-order valence-corrected chi connectivity index (χ4v) is 3.89. The zero-order valence-electron chi connectivity index (χ0n) is 15.9. The number of amides is 3. The van der Waals surface area contributed by atoms with E-state index in [0.29, 0.717) is 24.2 Å². The number of imide groups is 1. The molecule has 6 heteroatoms. The van der Waals surface area contributed by atoms with E-state index in [0.717, 1.165) is 18.0 Å². The molecule has 1 saturated heterocycles. The summed E-state index contributed by atoms with van der Waals surface area (Å²) in [6, 6.07) is 17.2. The molecular formula is C22H23N3O3. The molecule has 0 spiro atoms. The fourth-order valence-electron chi connectivity index (χ4n) is 3.89. The molecule has 0 aliphatic carbocycles. The molecule has 2 aromatic carbocycles. The smallest absolute Gasteiger partial charge is 0.262 e. The van der Waals surface area contributed by atoms with Gasteiger partial charge in [0, 0.05) is 32.2 Å². The average Bonchev–Trinajstić information content (AvgIpc) is 2.95. The number of nitrogens with zero attached hydrogens (tertiary/aromatic N) is 3. The van der Waals surface area contributed by atoms with Crippen molar-refractivity contribution in [1.82, 2.24) is 14.7 Å². The van der Waals surface area contributed by atoms with E-state index in [-0.39, 0.29) is 30.3 Å². The Hall–Kier alpha value is -2.99. The van der Waals surface area contributed by atoms with E-state index in [1.54, 1.807) is 29.2 Å². The third kappa shape index (κ3) is 3.43. The number of rotatable bonds is 4. The first-order valence-corrected chi connectivity index (χ1v) is 9.55. The predicted molar refractivity (Wildman–Crippen MR) is 105 cm³/mol. The lowest BCUT2D eigenvalue weighted by atomic mass is 10.1. The summed E-state index contributed by atoms with van der Waals surface area (Å²) in [5.41, 5.74) is 2.00. The van der Waals surface area contributed by atoms with E-state index >= 15 is 0 Å². The molecule has 1 atom stereocenters. The number of hydrogen-bond acceptors (Lipinski definition) is 4. The zero-order chi connectivity index (χ0) is 19.7. The maximum atomic E-state index is 12.8. The van der Waals surface area contributed by atoms with Gasteiger partial charge in [-0.15, -0.1) is 0 Å².